The summed E-state index contributed by atoms with van der Waals surface area (Å²) in [7, 11) is 1.58. The molecule has 174 valence electrons. The quantitative estimate of drug-likeness (QED) is 0.284. The van der Waals surface area contributed by atoms with Gasteiger partial charge in [-0.05, 0) is 91.9 Å². The third kappa shape index (κ3) is 6.24. The van der Waals surface area contributed by atoms with E-state index in [1.54, 1.807) is 92.0 Å². The molecule has 0 fully saturated rings. The number of aryl methyl sites for hydroxylation is 1. The minimum Gasteiger partial charge on any atom is -0.497 e. The van der Waals surface area contributed by atoms with Crippen LogP contribution in [-0.4, -0.2) is 15.5 Å². The van der Waals surface area contributed by atoms with Crippen molar-refractivity contribution >= 4 is 22.2 Å². The first-order valence-corrected chi connectivity index (χ1v) is 12.4. The Hall–Kier alpha value is -3.62. The zero-order valence-corrected chi connectivity index (χ0v) is 20.1. The van der Waals surface area contributed by atoms with Crippen LogP contribution in [0.3, 0.4) is 0 Å². The number of ether oxygens (including phenoxy) is 2. The third-order valence-electron chi connectivity index (χ3n) is 4.69. The van der Waals surface area contributed by atoms with E-state index >= 15 is 0 Å². The highest BCUT2D eigenvalue weighted by Crippen LogP contribution is 2.26. The summed E-state index contributed by atoms with van der Waals surface area (Å²) in [5.74, 6) is 2.79. The molecular weight excluding hydrogens is 472 g/mol. The highest BCUT2D eigenvalue weighted by molar-refractivity contribution is 7.80. The van der Waals surface area contributed by atoms with Gasteiger partial charge in [-0.2, -0.15) is 0 Å². The van der Waals surface area contributed by atoms with Crippen LogP contribution in [0.4, 0.5) is 0 Å². The maximum Gasteiger partial charge on any atom is 0.240 e. The zero-order valence-electron chi connectivity index (χ0n) is 18.5. The van der Waals surface area contributed by atoms with Gasteiger partial charge in [0.2, 0.25) is 22.2 Å². The molecule has 8 heteroatoms. The van der Waals surface area contributed by atoms with E-state index in [4.69, 9.17) is 17.8 Å². The van der Waals surface area contributed by atoms with Gasteiger partial charge < -0.3 is 17.8 Å². The van der Waals surface area contributed by atoms with Crippen molar-refractivity contribution < 1.29 is 26.3 Å². The first kappa shape index (κ1) is 23.5. The number of benzene rings is 4. The maximum absolute atomic E-state index is 12.5. The van der Waals surface area contributed by atoms with Crippen molar-refractivity contribution in [2.24, 2.45) is 0 Å². The minimum atomic E-state index is -1.67. The van der Waals surface area contributed by atoms with Crippen LogP contribution in [0.15, 0.2) is 107 Å². The molecule has 4 aromatic rings. The molecule has 2 atom stereocenters. The Morgan fingerprint density at radius 2 is 0.853 bits per heavy atom. The van der Waals surface area contributed by atoms with Gasteiger partial charge in [-0.25, -0.2) is 8.42 Å². The molecule has 0 aliphatic carbocycles. The van der Waals surface area contributed by atoms with E-state index in [1.165, 1.54) is 0 Å². The standard InChI is InChI=1S/C26H22O6S2/c1-19-3-15-25(16-4-19)33(27)32-24-11-7-21(8-12-24)30-22-13-17-26(18-14-22)34(28)31-23-9-5-20(29-2)6-10-23/h3-18H,1-2H3. The summed E-state index contributed by atoms with van der Waals surface area (Å²) in [4.78, 5) is 1.10. The zero-order chi connectivity index (χ0) is 23.9. The van der Waals surface area contributed by atoms with Crippen LogP contribution in [0.5, 0.6) is 28.7 Å². The Morgan fingerprint density at radius 1 is 0.500 bits per heavy atom. The van der Waals surface area contributed by atoms with Gasteiger partial charge in [0.15, 0.2) is 0 Å². The fraction of sp³-hybridized carbons (Fsp3) is 0.0769. The molecule has 0 saturated carbocycles. The maximum atomic E-state index is 12.5. The number of hydrogen-bond acceptors (Lipinski definition) is 6. The van der Waals surface area contributed by atoms with Gasteiger partial charge in [0.05, 0.1) is 16.9 Å². The van der Waals surface area contributed by atoms with Gasteiger partial charge in [0, 0.05) is 0 Å². The molecule has 4 rings (SSSR count). The Balaban J connectivity index is 1.33. The van der Waals surface area contributed by atoms with Crippen LogP contribution in [0.2, 0.25) is 0 Å². The summed E-state index contributed by atoms with van der Waals surface area (Å²) in [5.41, 5.74) is 1.09. The number of rotatable bonds is 9. The summed E-state index contributed by atoms with van der Waals surface area (Å²) in [6, 6.07) is 27.8. The molecule has 0 N–H and O–H groups in total. The average molecular weight is 495 g/mol. The van der Waals surface area contributed by atoms with Crippen molar-refractivity contribution in [2.45, 2.75) is 16.7 Å². The molecule has 34 heavy (non-hydrogen) atoms. The van der Waals surface area contributed by atoms with E-state index in [1.807, 2.05) is 19.1 Å². The van der Waals surface area contributed by atoms with Crippen molar-refractivity contribution in [1.29, 1.82) is 0 Å². The Morgan fingerprint density at radius 3 is 1.29 bits per heavy atom. The van der Waals surface area contributed by atoms with Crippen molar-refractivity contribution in [1.82, 2.24) is 0 Å². The Labute approximate surface area is 203 Å². The Kier molecular flexibility index (Phi) is 7.61. The van der Waals surface area contributed by atoms with Gasteiger partial charge in [0.1, 0.15) is 28.7 Å². The third-order valence-corrected chi connectivity index (χ3v) is 6.69. The van der Waals surface area contributed by atoms with Crippen molar-refractivity contribution in [3.8, 4) is 28.7 Å². The lowest BCUT2D eigenvalue weighted by atomic mass is 10.2. The Bertz CT molecular complexity index is 1270. The van der Waals surface area contributed by atoms with Crippen LogP contribution in [0.25, 0.3) is 0 Å². The minimum absolute atomic E-state index is 0.465. The lowest BCUT2D eigenvalue weighted by Crippen LogP contribution is -2.01. The molecule has 0 aromatic heterocycles. The van der Waals surface area contributed by atoms with Crippen molar-refractivity contribution in [3.63, 3.8) is 0 Å². The molecule has 0 aliphatic rings. The van der Waals surface area contributed by atoms with Gasteiger partial charge in [-0.1, -0.05) is 17.7 Å². The second kappa shape index (κ2) is 11.0. The summed E-state index contributed by atoms with van der Waals surface area (Å²) in [6.45, 7) is 1.97. The molecule has 0 radical (unpaired) electrons. The van der Waals surface area contributed by atoms with Crippen LogP contribution in [0, 0.1) is 6.92 Å². The van der Waals surface area contributed by atoms with E-state index in [0.717, 1.165) is 5.56 Å². The van der Waals surface area contributed by atoms with Gasteiger partial charge >= 0.3 is 0 Å². The normalized spacial score (nSPS) is 12.4. The van der Waals surface area contributed by atoms with Gasteiger partial charge in [-0.3, -0.25) is 0 Å². The fourth-order valence-corrected chi connectivity index (χ4v) is 4.35. The first-order chi connectivity index (χ1) is 16.5. The summed E-state index contributed by atoms with van der Waals surface area (Å²) < 4.78 is 46.7. The van der Waals surface area contributed by atoms with Crippen LogP contribution < -0.4 is 17.8 Å². The molecule has 4 aromatic carbocycles. The molecule has 0 spiro atoms. The highest BCUT2D eigenvalue weighted by atomic mass is 32.2. The number of methoxy groups -OCH3 is 1. The fourth-order valence-electron chi connectivity index (χ4n) is 2.87. The van der Waals surface area contributed by atoms with Crippen molar-refractivity contribution in [2.75, 3.05) is 7.11 Å². The summed E-state index contributed by atoms with van der Waals surface area (Å²) >= 11 is -3.26. The summed E-state index contributed by atoms with van der Waals surface area (Å²) in [6.07, 6.45) is 0. The molecule has 0 heterocycles. The van der Waals surface area contributed by atoms with E-state index in [9.17, 15) is 8.42 Å². The van der Waals surface area contributed by atoms with Gasteiger partial charge in [0.25, 0.3) is 0 Å². The van der Waals surface area contributed by atoms with Gasteiger partial charge in [-0.15, -0.1) is 0 Å². The topological polar surface area (TPSA) is 71.1 Å². The van der Waals surface area contributed by atoms with Crippen LogP contribution in [0.1, 0.15) is 5.56 Å². The average Bonchev–Trinajstić information content (AvgIpc) is 2.86. The monoisotopic (exact) mass is 494 g/mol. The molecule has 0 bridgehead atoms. The molecule has 0 amide bonds. The van der Waals surface area contributed by atoms with Crippen molar-refractivity contribution in [3.05, 3.63) is 103 Å². The van der Waals surface area contributed by atoms with Crippen LogP contribution >= 0.6 is 0 Å². The van der Waals surface area contributed by atoms with Crippen LogP contribution in [-0.2, 0) is 22.2 Å². The SMILES string of the molecule is COc1ccc(OS(=O)c2ccc(Oc3ccc(OS(=O)c4ccc(C)cc4)cc3)cc2)cc1. The lowest BCUT2D eigenvalue weighted by Gasteiger charge is -2.09. The first-order valence-electron chi connectivity index (χ1n) is 10.3. The number of hydrogen-bond donors (Lipinski definition) is 0. The van der Waals surface area contributed by atoms with E-state index in [0.29, 0.717) is 38.5 Å². The lowest BCUT2D eigenvalue weighted by molar-refractivity contribution is 0.414. The smallest absolute Gasteiger partial charge is 0.240 e. The van der Waals surface area contributed by atoms with E-state index in [2.05, 4.69) is 0 Å². The van der Waals surface area contributed by atoms with E-state index in [-0.39, 0.29) is 0 Å². The summed E-state index contributed by atoms with van der Waals surface area (Å²) in [5, 5.41) is 0. The molecular formula is C26H22O6S2. The largest absolute Gasteiger partial charge is 0.497 e. The second-order valence-electron chi connectivity index (χ2n) is 7.17. The van der Waals surface area contributed by atoms with E-state index < -0.39 is 22.2 Å². The molecule has 0 saturated heterocycles. The molecule has 0 aliphatic heterocycles. The second-order valence-corrected chi connectivity index (χ2v) is 9.38. The highest BCUT2D eigenvalue weighted by Gasteiger charge is 2.09. The predicted molar refractivity (Wildman–Crippen MR) is 131 cm³/mol. The predicted octanol–water partition coefficient (Wildman–Crippen LogP) is 6.00. The molecule has 6 nitrogen and oxygen atoms in total. The molecule has 2 unspecified atom stereocenters.